The van der Waals surface area contributed by atoms with Gasteiger partial charge in [0.1, 0.15) is 6.61 Å². The van der Waals surface area contributed by atoms with Gasteiger partial charge in [0, 0.05) is 19.4 Å². The number of carbonyl (C=O) groups is 2. The van der Waals surface area contributed by atoms with Crippen molar-refractivity contribution in [3.63, 3.8) is 0 Å². The first-order chi connectivity index (χ1) is 43.3. The molecule has 0 aliphatic carbocycles. The van der Waals surface area contributed by atoms with Gasteiger partial charge in [-0.05, 0) is 89.9 Å². The molecule has 0 fully saturated rings. The number of carbonyl (C=O) groups excluding carboxylic acids is 2. The van der Waals surface area contributed by atoms with Gasteiger partial charge in [-0.25, -0.2) is 4.57 Å². The molecule has 0 aromatic rings. The predicted octanol–water partition coefficient (Wildman–Crippen LogP) is 24.3. The van der Waals surface area contributed by atoms with Crippen molar-refractivity contribution in [1.82, 2.24) is 0 Å². The molecular weight excluding hydrogens is 1110 g/mol. The predicted molar refractivity (Wildman–Crippen MR) is 381 cm³/mol. The fourth-order valence-corrected chi connectivity index (χ4v) is 11.0. The number of rotatable bonds is 68. The van der Waals surface area contributed by atoms with E-state index in [0.29, 0.717) is 6.42 Å². The average Bonchev–Trinajstić information content (AvgIpc) is 3.52. The van der Waals surface area contributed by atoms with Crippen molar-refractivity contribution in [3.8, 4) is 0 Å². The Bertz CT molecular complexity index is 1860. The zero-order valence-electron chi connectivity index (χ0n) is 56.9. The lowest BCUT2D eigenvalue weighted by Crippen LogP contribution is -2.29. The zero-order chi connectivity index (χ0) is 63.7. The van der Waals surface area contributed by atoms with Crippen molar-refractivity contribution < 1.29 is 37.6 Å². The molecule has 2 atom stereocenters. The molecule has 0 aliphatic rings. The summed E-state index contributed by atoms with van der Waals surface area (Å²) in [4.78, 5) is 35.4. The van der Waals surface area contributed by atoms with E-state index in [4.69, 9.17) is 24.3 Å². The zero-order valence-corrected chi connectivity index (χ0v) is 57.8. The number of unbranched alkanes of at least 4 members (excludes halogenated alkanes) is 35. The van der Waals surface area contributed by atoms with Crippen molar-refractivity contribution in [3.05, 3.63) is 122 Å². The molecular formula is C78H136NO8P. The Morgan fingerprint density at radius 2 is 0.625 bits per heavy atom. The molecule has 0 saturated carbocycles. The summed E-state index contributed by atoms with van der Waals surface area (Å²) in [5.41, 5.74) is 5.40. The summed E-state index contributed by atoms with van der Waals surface area (Å²) in [5, 5.41) is 0. The standard InChI is InChI=1S/C78H136NO8P/c1-3-5-7-9-11-13-15-17-19-21-23-25-27-29-31-32-33-34-35-36-37-38-39-40-41-42-43-44-45-47-49-51-53-55-57-59-61-63-65-67-69-71-78(81)87-76(75-86-88(82,83)85-73-72-79)74-84-77(80)70-68-66-64-62-60-58-56-54-52-50-48-46-30-28-26-24-22-20-18-16-14-12-10-8-6-4-2/h5,7,11,13,17,19,23,25,29,31,33-34,36-37,39-40,42-43,45,47,76H,3-4,6,8-10,12,14-16,18,20-22,24,26-28,30,32,35,38,41,44,46,48-75,79H2,1-2H3,(H,82,83)/b7-5-,13-11-,19-17-,25-23-,31-29-,34-33-,37-36-,40-39-,43-42-,47-45-. The maximum Gasteiger partial charge on any atom is 0.472 e. The Labute approximate surface area is 542 Å². The van der Waals surface area contributed by atoms with E-state index < -0.39 is 26.5 Å². The second kappa shape index (κ2) is 72.5. The highest BCUT2D eigenvalue weighted by Crippen LogP contribution is 2.43. The first-order valence-electron chi connectivity index (χ1n) is 36.5. The Morgan fingerprint density at radius 3 is 0.932 bits per heavy atom. The van der Waals surface area contributed by atoms with E-state index in [1.54, 1.807) is 0 Å². The Balaban J connectivity index is 3.91. The number of hydrogen-bond donors (Lipinski definition) is 2. The van der Waals surface area contributed by atoms with Crippen LogP contribution in [0.5, 0.6) is 0 Å². The summed E-state index contributed by atoms with van der Waals surface area (Å²) in [6.07, 6.45) is 102. The van der Waals surface area contributed by atoms with Gasteiger partial charge < -0.3 is 20.1 Å². The summed E-state index contributed by atoms with van der Waals surface area (Å²) in [5.74, 6) is -0.824. The molecule has 0 aromatic heterocycles. The molecule has 0 saturated heterocycles. The number of hydrogen-bond acceptors (Lipinski definition) is 8. The van der Waals surface area contributed by atoms with E-state index >= 15 is 0 Å². The first kappa shape index (κ1) is 84.4. The van der Waals surface area contributed by atoms with Gasteiger partial charge in [0.05, 0.1) is 13.2 Å². The van der Waals surface area contributed by atoms with Gasteiger partial charge in [0.15, 0.2) is 6.10 Å². The molecule has 2 unspecified atom stereocenters. The highest BCUT2D eigenvalue weighted by atomic mass is 31.2. The summed E-state index contributed by atoms with van der Waals surface area (Å²) in [6, 6.07) is 0. The lowest BCUT2D eigenvalue weighted by atomic mass is 10.0. The normalized spacial score (nSPS) is 13.6. The van der Waals surface area contributed by atoms with E-state index in [2.05, 4.69) is 135 Å². The topological polar surface area (TPSA) is 134 Å². The molecule has 0 spiro atoms. The van der Waals surface area contributed by atoms with Gasteiger partial charge in [-0.15, -0.1) is 0 Å². The summed E-state index contributed by atoms with van der Waals surface area (Å²) in [6.45, 7) is 3.66. The number of allylic oxidation sites excluding steroid dienone is 20. The molecule has 506 valence electrons. The van der Waals surface area contributed by atoms with Crippen LogP contribution in [0.4, 0.5) is 0 Å². The maximum atomic E-state index is 12.8. The van der Waals surface area contributed by atoms with Crippen LogP contribution in [0.25, 0.3) is 0 Å². The van der Waals surface area contributed by atoms with Crippen molar-refractivity contribution in [2.45, 2.75) is 335 Å². The van der Waals surface area contributed by atoms with Crippen molar-refractivity contribution in [2.75, 3.05) is 26.4 Å². The molecule has 0 bridgehead atoms. The van der Waals surface area contributed by atoms with Crippen LogP contribution in [0.1, 0.15) is 328 Å². The SMILES string of the molecule is CC/C=C\C/C=C\C/C=C\C/C=C\C/C=C\C/C=C\C/C=C\C/C=C\C/C=C\C/C=C\CCCCCCCCCCCCC(=O)OC(COC(=O)CCCCCCCCCCCCCCCCCCCCCCCCCCCC)COP(=O)(O)OCCN. The van der Waals surface area contributed by atoms with Gasteiger partial charge in [-0.2, -0.15) is 0 Å². The Morgan fingerprint density at radius 1 is 0.352 bits per heavy atom. The number of phosphoric acid groups is 1. The summed E-state index contributed by atoms with van der Waals surface area (Å²) < 4.78 is 33.2. The lowest BCUT2D eigenvalue weighted by Gasteiger charge is -2.19. The van der Waals surface area contributed by atoms with Gasteiger partial charge in [-0.3, -0.25) is 18.6 Å². The number of ether oxygens (including phenoxy) is 2. The molecule has 3 N–H and O–H groups in total. The fourth-order valence-electron chi connectivity index (χ4n) is 10.3. The molecule has 0 heterocycles. The van der Waals surface area contributed by atoms with Crippen LogP contribution < -0.4 is 5.73 Å². The van der Waals surface area contributed by atoms with E-state index in [1.807, 2.05) is 0 Å². The molecule has 0 amide bonds. The van der Waals surface area contributed by atoms with Crippen molar-refractivity contribution in [2.24, 2.45) is 5.73 Å². The molecule has 0 rings (SSSR count). The molecule has 88 heavy (non-hydrogen) atoms. The second-order valence-electron chi connectivity index (χ2n) is 24.1. The van der Waals surface area contributed by atoms with Gasteiger partial charge >= 0.3 is 19.8 Å². The largest absolute Gasteiger partial charge is 0.472 e. The quantitative estimate of drug-likeness (QED) is 0.0264. The maximum absolute atomic E-state index is 12.8. The minimum atomic E-state index is -4.40. The Hall–Kier alpha value is -3.59. The lowest BCUT2D eigenvalue weighted by molar-refractivity contribution is -0.161. The monoisotopic (exact) mass is 1250 g/mol. The first-order valence-corrected chi connectivity index (χ1v) is 38.0. The molecule has 10 heteroatoms. The van der Waals surface area contributed by atoms with Crippen LogP contribution in [-0.4, -0.2) is 49.3 Å². The number of esters is 2. The van der Waals surface area contributed by atoms with Crippen LogP contribution in [-0.2, 0) is 32.7 Å². The third kappa shape index (κ3) is 71.5. The van der Waals surface area contributed by atoms with Gasteiger partial charge in [0.25, 0.3) is 0 Å². The van der Waals surface area contributed by atoms with Crippen LogP contribution in [0.3, 0.4) is 0 Å². The third-order valence-electron chi connectivity index (χ3n) is 15.6. The van der Waals surface area contributed by atoms with Gasteiger partial charge in [-0.1, -0.05) is 347 Å². The van der Waals surface area contributed by atoms with Gasteiger partial charge in [0.2, 0.25) is 0 Å². The van der Waals surface area contributed by atoms with Crippen molar-refractivity contribution >= 4 is 19.8 Å². The molecule has 0 radical (unpaired) electrons. The fraction of sp³-hybridized carbons (Fsp3) is 0.718. The van der Waals surface area contributed by atoms with Crippen LogP contribution in [0.15, 0.2) is 122 Å². The van der Waals surface area contributed by atoms with E-state index in [0.717, 1.165) is 109 Å². The Kier molecular flexibility index (Phi) is 69.5. The van der Waals surface area contributed by atoms with Crippen molar-refractivity contribution in [1.29, 1.82) is 0 Å². The highest BCUT2D eigenvalue weighted by Gasteiger charge is 2.26. The van der Waals surface area contributed by atoms with Crippen LogP contribution in [0.2, 0.25) is 0 Å². The average molecular weight is 1250 g/mol. The molecule has 9 nitrogen and oxygen atoms in total. The molecule has 0 aliphatic heterocycles. The van der Waals surface area contributed by atoms with E-state index in [-0.39, 0.29) is 38.6 Å². The molecule has 0 aromatic carbocycles. The summed E-state index contributed by atoms with van der Waals surface area (Å²) in [7, 11) is -4.40. The van der Waals surface area contributed by atoms with E-state index in [9.17, 15) is 19.0 Å². The van der Waals surface area contributed by atoms with Crippen LogP contribution in [0, 0.1) is 0 Å². The smallest absolute Gasteiger partial charge is 0.462 e. The minimum Gasteiger partial charge on any atom is -0.462 e. The van der Waals surface area contributed by atoms with E-state index in [1.165, 1.54) is 186 Å². The number of phosphoric ester groups is 1. The number of nitrogens with two attached hydrogens (primary N) is 1. The minimum absolute atomic E-state index is 0.0496. The third-order valence-corrected chi connectivity index (χ3v) is 16.6. The second-order valence-corrected chi connectivity index (χ2v) is 25.5. The summed E-state index contributed by atoms with van der Waals surface area (Å²) >= 11 is 0. The highest BCUT2D eigenvalue weighted by molar-refractivity contribution is 7.47. The van der Waals surface area contributed by atoms with Crippen LogP contribution >= 0.6 is 7.82 Å².